The number of aromatic amines is 1. The van der Waals surface area contributed by atoms with E-state index >= 15 is 0 Å². The highest BCUT2D eigenvalue weighted by Gasteiger charge is 1.77. The zero-order valence-electron chi connectivity index (χ0n) is 5.33. The van der Waals surface area contributed by atoms with Crippen LogP contribution in [0.2, 0.25) is 0 Å². The largest absolute Gasteiger partial charge is 0.400 e. The molecule has 1 heterocycles. The summed E-state index contributed by atoms with van der Waals surface area (Å²) in [6.45, 7) is 3.53. The van der Waals surface area contributed by atoms with Crippen LogP contribution in [0.5, 0.6) is 0 Å². The second-order valence-electron chi connectivity index (χ2n) is 1.21. The fourth-order valence-corrected chi connectivity index (χ4v) is 0.378. The average molecular weight is 126 g/mol. The van der Waals surface area contributed by atoms with Crippen LogP contribution in [0.1, 0.15) is 5.69 Å². The third-order valence-electron chi connectivity index (χ3n) is 0.739. The zero-order valence-corrected chi connectivity index (χ0v) is 5.33. The highest BCUT2D eigenvalue weighted by Crippen LogP contribution is 1.88. The Hall–Kier alpha value is -1.09. The van der Waals surface area contributed by atoms with E-state index in [1.165, 1.54) is 0 Å². The number of hydrogen-bond donors (Lipinski definition) is 2. The molecule has 2 N–H and O–H groups in total. The van der Waals surface area contributed by atoms with Gasteiger partial charge in [-0.2, -0.15) is 0 Å². The maximum Gasteiger partial charge on any atom is 0.0924 e. The van der Waals surface area contributed by atoms with Crippen molar-refractivity contribution in [3.8, 4) is 0 Å². The second-order valence-corrected chi connectivity index (χ2v) is 1.21. The van der Waals surface area contributed by atoms with Gasteiger partial charge in [0.1, 0.15) is 0 Å². The molecule has 1 aromatic heterocycles. The van der Waals surface area contributed by atoms with Crippen LogP contribution in [-0.2, 0) is 0 Å². The lowest BCUT2D eigenvalue weighted by atomic mass is 10.5. The van der Waals surface area contributed by atoms with Crippen molar-refractivity contribution in [2.75, 3.05) is 7.11 Å². The summed E-state index contributed by atoms with van der Waals surface area (Å²) in [7, 11) is 1.00. The minimum Gasteiger partial charge on any atom is -0.400 e. The molecule has 9 heavy (non-hydrogen) atoms. The molecule has 0 aliphatic carbocycles. The van der Waals surface area contributed by atoms with Gasteiger partial charge in [-0.25, -0.2) is 4.98 Å². The lowest BCUT2D eigenvalue weighted by Gasteiger charge is -1.72. The summed E-state index contributed by atoms with van der Waals surface area (Å²) >= 11 is 0. The van der Waals surface area contributed by atoms with Crippen molar-refractivity contribution >= 4 is 6.08 Å². The number of nitrogens with one attached hydrogen (secondary N) is 1. The van der Waals surface area contributed by atoms with E-state index in [0.29, 0.717) is 0 Å². The van der Waals surface area contributed by atoms with Gasteiger partial charge in [-0.3, -0.25) is 0 Å². The molecular weight excluding hydrogens is 116 g/mol. The van der Waals surface area contributed by atoms with Gasteiger partial charge in [0.25, 0.3) is 0 Å². The van der Waals surface area contributed by atoms with Gasteiger partial charge >= 0.3 is 0 Å². The number of nitrogens with zero attached hydrogens (tertiary/aromatic N) is 1. The molecule has 0 aliphatic rings. The topological polar surface area (TPSA) is 48.9 Å². The highest BCUT2D eigenvalue weighted by atomic mass is 16.2. The fraction of sp³-hybridized carbons (Fsp3) is 0.167. The molecule has 0 radical (unpaired) electrons. The zero-order chi connectivity index (χ0) is 7.11. The van der Waals surface area contributed by atoms with E-state index in [0.717, 1.165) is 12.8 Å². The Labute approximate surface area is 54.1 Å². The van der Waals surface area contributed by atoms with Crippen LogP contribution >= 0.6 is 0 Å². The Kier molecular flexibility index (Phi) is 4.44. The van der Waals surface area contributed by atoms with Crippen LogP contribution < -0.4 is 0 Å². The Bertz CT molecular complexity index is 146. The molecular formula is C6H10N2O. The van der Waals surface area contributed by atoms with Crippen LogP contribution in [0.3, 0.4) is 0 Å². The van der Waals surface area contributed by atoms with E-state index in [1.807, 2.05) is 0 Å². The average Bonchev–Trinajstić information content (AvgIpc) is 2.43. The van der Waals surface area contributed by atoms with Crippen molar-refractivity contribution in [1.29, 1.82) is 0 Å². The predicted octanol–water partition coefficient (Wildman–Crippen LogP) is 0.661. The first-order valence-electron chi connectivity index (χ1n) is 2.49. The molecule has 1 aromatic rings. The van der Waals surface area contributed by atoms with Gasteiger partial charge in [0.05, 0.1) is 18.2 Å². The molecule has 0 fully saturated rings. The summed E-state index contributed by atoms with van der Waals surface area (Å²) in [6, 6.07) is 0. The molecule has 1 rings (SSSR count). The summed E-state index contributed by atoms with van der Waals surface area (Å²) < 4.78 is 0. The number of H-pyrrole nitrogens is 1. The van der Waals surface area contributed by atoms with E-state index in [4.69, 9.17) is 5.11 Å². The monoisotopic (exact) mass is 126 g/mol. The first kappa shape index (κ1) is 7.91. The van der Waals surface area contributed by atoms with Crippen LogP contribution in [0.25, 0.3) is 6.08 Å². The quantitative estimate of drug-likeness (QED) is 0.580. The standard InChI is InChI=1S/C5H6N2.CH4O/c1-2-5-3-6-4-7-5;1-2/h2-4H,1H2,(H,6,7);2H,1H3. The van der Waals surface area contributed by atoms with Gasteiger partial charge in [0.2, 0.25) is 0 Å². The van der Waals surface area contributed by atoms with Crippen molar-refractivity contribution < 1.29 is 5.11 Å². The number of aliphatic hydroxyl groups excluding tert-OH is 1. The first-order chi connectivity index (χ1) is 4.43. The molecule has 0 unspecified atom stereocenters. The minimum absolute atomic E-state index is 0.958. The van der Waals surface area contributed by atoms with Gasteiger partial charge in [0, 0.05) is 7.11 Å². The summed E-state index contributed by atoms with van der Waals surface area (Å²) in [5.74, 6) is 0. The van der Waals surface area contributed by atoms with E-state index in [2.05, 4.69) is 16.5 Å². The molecule has 0 aliphatic heterocycles. The molecule has 0 spiro atoms. The van der Waals surface area contributed by atoms with Crippen molar-refractivity contribution in [2.45, 2.75) is 0 Å². The van der Waals surface area contributed by atoms with Gasteiger partial charge in [-0.1, -0.05) is 6.58 Å². The van der Waals surface area contributed by atoms with Gasteiger partial charge in [-0.05, 0) is 6.08 Å². The van der Waals surface area contributed by atoms with Crippen LogP contribution in [0.15, 0.2) is 19.1 Å². The van der Waals surface area contributed by atoms with Gasteiger partial charge in [0.15, 0.2) is 0 Å². The number of aliphatic hydroxyl groups is 1. The Balaban J connectivity index is 0.000000291. The Morgan fingerprint density at radius 2 is 2.44 bits per heavy atom. The van der Waals surface area contributed by atoms with Crippen LogP contribution in [0, 0.1) is 0 Å². The van der Waals surface area contributed by atoms with Gasteiger partial charge in [-0.15, -0.1) is 0 Å². The second kappa shape index (κ2) is 5.05. The summed E-state index contributed by atoms with van der Waals surface area (Å²) in [6.07, 6.45) is 5.05. The number of hydrogen-bond acceptors (Lipinski definition) is 2. The predicted molar refractivity (Wildman–Crippen MR) is 36.8 cm³/mol. The summed E-state index contributed by atoms with van der Waals surface area (Å²) in [5.41, 5.74) is 0.958. The van der Waals surface area contributed by atoms with Crippen LogP contribution in [0.4, 0.5) is 0 Å². The SMILES string of the molecule is C=Cc1cnc[nH]1.CO. The number of aromatic nitrogens is 2. The third-order valence-corrected chi connectivity index (χ3v) is 0.739. The minimum atomic E-state index is 0.958. The Morgan fingerprint density at radius 3 is 2.67 bits per heavy atom. The van der Waals surface area contributed by atoms with Crippen molar-refractivity contribution in [3.05, 3.63) is 24.8 Å². The van der Waals surface area contributed by atoms with E-state index in [-0.39, 0.29) is 0 Å². The van der Waals surface area contributed by atoms with E-state index < -0.39 is 0 Å². The van der Waals surface area contributed by atoms with Crippen molar-refractivity contribution in [1.82, 2.24) is 9.97 Å². The normalized spacial score (nSPS) is 7.33. The summed E-state index contributed by atoms with van der Waals surface area (Å²) in [4.78, 5) is 6.62. The molecule has 0 atom stereocenters. The molecule has 0 aromatic carbocycles. The van der Waals surface area contributed by atoms with Crippen molar-refractivity contribution in [2.24, 2.45) is 0 Å². The van der Waals surface area contributed by atoms with Gasteiger partial charge < -0.3 is 10.1 Å². The molecule has 3 heteroatoms. The number of imidazole rings is 1. The molecule has 0 saturated carbocycles. The smallest absolute Gasteiger partial charge is 0.0924 e. The lowest BCUT2D eigenvalue weighted by Crippen LogP contribution is -1.61. The Morgan fingerprint density at radius 1 is 1.78 bits per heavy atom. The van der Waals surface area contributed by atoms with Crippen LogP contribution in [-0.4, -0.2) is 22.2 Å². The van der Waals surface area contributed by atoms with E-state index in [9.17, 15) is 0 Å². The highest BCUT2D eigenvalue weighted by molar-refractivity contribution is 5.38. The fourth-order valence-electron chi connectivity index (χ4n) is 0.378. The maximum atomic E-state index is 7.00. The van der Waals surface area contributed by atoms with Crippen molar-refractivity contribution in [3.63, 3.8) is 0 Å². The molecule has 0 bridgehead atoms. The molecule has 50 valence electrons. The summed E-state index contributed by atoms with van der Waals surface area (Å²) in [5, 5.41) is 7.00. The van der Waals surface area contributed by atoms with E-state index in [1.54, 1.807) is 18.6 Å². The maximum absolute atomic E-state index is 7.00. The first-order valence-corrected chi connectivity index (χ1v) is 2.49. The molecule has 3 nitrogen and oxygen atoms in total. The number of rotatable bonds is 1. The third kappa shape index (κ3) is 2.66. The lowest BCUT2D eigenvalue weighted by molar-refractivity contribution is 0.399. The molecule has 0 amide bonds. The molecule has 0 saturated heterocycles.